The Morgan fingerprint density at radius 3 is 2.58 bits per heavy atom. The van der Waals surface area contributed by atoms with Gasteiger partial charge in [-0.3, -0.25) is 9.71 Å². The smallest absolute Gasteiger partial charge is 0.263 e. The monoisotopic (exact) mass is 364 g/mol. The van der Waals surface area contributed by atoms with Crippen molar-refractivity contribution in [3.8, 4) is 0 Å². The molecule has 1 aliphatic heterocycles. The molecule has 3 rings (SSSR count). The van der Waals surface area contributed by atoms with Gasteiger partial charge in [-0.1, -0.05) is 35.9 Å². The Labute approximate surface area is 146 Å². The van der Waals surface area contributed by atoms with Crippen molar-refractivity contribution in [3.63, 3.8) is 0 Å². The second-order valence-electron chi connectivity index (χ2n) is 5.43. The minimum Gasteiger partial charge on any atom is -0.385 e. The van der Waals surface area contributed by atoms with Crippen LogP contribution in [0.5, 0.6) is 0 Å². The van der Waals surface area contributed by atoms with Crippen LogP contribution in [0.3, 0.4) is 0 Å². The van der Waals surface area contributed by atoms with Crippen LogP contribution in [0.25, 0.3) is 0 Å². The average Bonchev–Trinajstić information content (AvgIpc) is 2.83. The number of aliphatic imine (C=N–C) groups is 1. The lowest BCUT2D eigenvalue weighted by Crippen LogP contribution is -2.23. The maximum absolute atomic E-state index is 12.2. The molecule has 1 aliphatic rings. The molecule has 0 spiro atoms. The van der Waals surface area contributed by atoms with E-state index >= 15 is 0 Å². The van der Waals surface area contributed by atoms with Gasteiger partial charge in [-0.25, -0.2) is 8.42 Å². The Balaban J connectivity index is 2.01. The number of hydrogen-bond acceptors (Lipinski definition) is 4. The van der Waals surface area contributed by atoms with Crippen molar-refractivity contribution in [3.05, 3.63) is 64.7 Å². The molecule has 0 radical (unpaired) electrons. The number of amidine groups is 1. The SMILES string of the molecule is COCCC(N=C1NS(=O)(=O)c2ccccc21)c1ccc(Cl)cc1. The fourth-order valence-electron chi connectivity index (χ4n) is 2.61. The van der Waals surface area contributed by atoms with E-state index in [2.05, 4.69) is 9.71 Å². The third-order valence-corrected chi connectivity index (χ3v) is 5.45. The van der Waals surface area contributed by atoms with E-state index in [-0.39, 0.29) is 10.9 Å². The minimum absolute atomic E-state index is 0.230. The van der Waals surface area contributed by atoms with Crippen molar-refractivity contribution in [1.82, 2.24) is 4.72 Å². The zero-order valence-corrected chi connectivity index (χ0v) is 14.6. The van der Waals surface area contributed by atoms with E-state index in [0.29, 0.717) is 29.4 Å². The van der Waals surface area contributed by atoms with Gasteiger partial charge < -0.3 is 4.74 Å². The average molecular weight is 365 g/mol. The number of benzene rings is 2. The van der Waals surface area contributed by atoms with Crippen molar-refractivity contribution in [2.24, 2.45) is 4.99 Å². The van der Waals surface area contributed by atoms with Gasteiger partial charge in [0, 0.05) is 24.3 Å². The molecule has 126 valence electrons. The molecule has 1 N–H and O–H groups in total. The quantitative estimate of drug-likeness (QED) is 0.886. The van der Waals surface area contributed by atoms with Gasteiger partial charge in [0.1, 0.15) is 5.84 Å². The van der Waals surface area contributed by atoms with Crippen molar-refractivity contribution in [2.75, 3.05) is 13.7 Å². The van der Waals surface area contributed by atoms with Gasteiger partial charge in [-0.15, -0.1) is 0 Å². The molecule has 2 aromatic rings. The maximum atomic E-state index is 12.2. The third kappa shape index (κ3) is 3.45. The van der Waals surface area contributed by atoms with E-state index < -0.39 is 10.0 Å². The van der Waals surface area contributed by atoms with Crippen molar-refractivity contribution >= 4 is 27.5 Å². The predicted octanol–water partition coefficient (Wildman–Crippen LogP) is 3.16. The number of rotatable bonds is 5. The van der Waals surface area contributed by atoms with E-state index in [1.807, 2.05) is 12.1 Å². The standard InChI is InChI=1S/C17H17ClN2O3S/c1-23-11-10-15(12-6-8-13(18)9-7-12)19-17-14-4-2-3-5-16(14)24(21,22)20-17/h2-9,15H,10-11H2,1H3,(H,19,20). The van der Waals surface area contributed by atoms with Crippen LogP contribution in [0.1, 0.15) is 23.6 Å². The molecule has 0 fully saturated rings. The molecular weight excluding hydrogens is 348 g/mol. The first-order valence-electron chi connectivity index (χ1n) is 7.45. The highest BCUT2D eigenvalue weighted by atomic mass is 35.5. The molecule has 1 atom stereocenters. The van der Waals surface area contributed by atoms with Crippen LogP contribution < -0.4 is 4.72 Å². The largest absolute Gasteiger partial charge is 0.385 e. The number of halogens is 1. The number of nitrogens with one attached hydrogen (secondary N) is 1. The first-order chi connectivity index (χ1) is 11.5. The highest BCUT2D eigenvalue weighted by Crippen LogP contribution is 2.28. The molecule has 0 aliphatic carbocycles. The van der Waals surface area contributed by atoms with Crippen LogP contribution in [0.15, 0.2) is 58.4 Å². The van der Waals surface area contributed by atoms with Crippen LogP contribution in [-0.4, -0.2) is 28.0 Å². The maximum Gasteiger partial charge on any atom is 0.263 e. The summed E-state index contributed by atoms with van der Waals surface area (Å²) in [5.41, 5.74) is 1.54. The fourth-order valence-corrected chi connectivity index (χ4v) is 3.97. The first kappa shape index (κ1) is 17.0. The Morgan fingerprint density at radius 2 is 1.88 bits per heavy atom. The third-order valence-electron chi connectivity index (χ3n) is 3.80. The number of sulfonamides is 1. The highest BCUT2D eigenvalue weighted by Gasteiger charge is 2.30. The Hall–Kier alpha value is -1.89. The second-order valence-corrected chi connectivity index (χ2v) is 7.52. The Bertz CT molecular complexity index is 864. The summed E-state index contributed by atoms with van der Waals surface area (Å²) >= 11 is 5.94. The molecule has 0 saturated heterocycles. The lowest BCUT2D eigenvalue weighted by Gasteiger charge is -2.14. The lowest BCUT2D eigenvalue weighted by molar-refractivity contribution is 0.188. The molecule has 2 aromatic carbocycles. The molecule has 0 bridgehead atoms. The van der Waals surface area contributed by atoms with E-state index in [0.717, 1.165) is 5.56 Å². The van der Waals surface area contributed by atoms with Crippen molar-refractivity contribution in [2.45, 2.75) is 17.4 Å². The molecule has 1 heterocycles. The summed E-state index contributed by atoms with van der Waals surface area (Å²) in [5, 5.41) is 0.642. The van der Waals surface area contributed by atoms with Gasteiger partial charge in [0.05, 0.1) is 10.9 Å². The van der Waals surface area contributed by atoms with Crippen LogP contribution in [0.2, 0.25) is 5.02 Å². The molecule has 1 unspecified atom stereocenters. The normalized spacial score (nSPS) is 18.2. The van der Waals surface area contributed by atoms with Crippen molar-refractivity contribution < 1.29 is 13.2 Å². The predicted molar refractivity (Wildman–Crippen MR) is 94.0 cm³/mol. The van der Waals surface area contributed by atoms with E-state index in [4.69, 9.17) is 16.3 Å². The molecule has 24 heavy (non-hydrogen) atoms. The van der Waals surface area contributed by atoms with Gasteiger partial charge in [-0.05, 0) is 36.2 Å². The van der Waals surface area contributed by atoms with Crippen LogP contribution in [-0.2, 0) is 14.8 Å². The Morgan fingerprint density at radius 1 is 1.17 bits per heavy atom. The van der Waals surface area contributed by atoms with E-state index in [1.54, 1.807) is 43.5 Å². The van der Waals surface area contributed by atoms with Gasteiger partial charge in [0.2, 0.25) is 0 Å². The summed E-state index contributed by atoms with van der Waals surface area (Å²) in [5.74, 6) is 0.363. The second kappa shape index (κ2) is 6.93. The fraction of sp³-hybridized carbons (Fsp3) is 0.235. The van der Waals surface area contributed by atoms with Gasteiger partial charge in [0.15, 0.2) is 0 Å². The summed E-state index contributed by atoms with van der Waals surface area (Å²) in [6.07, 6.45) is 0.630. The highest BCUT2D eigenvalue weighted by molar-refractivity contribution is 7.90. The van der Waals surface area contributed by atoms with Crippen LogP contribution >= 0.6 is 11.6 Å². The number of hydrogen-bond donors (Lipinski definition) is 1. The first-order valence-corrected chi connectivity index (χ1v) is 9.32. The topological polar surface area (TPSA) is 67.8 Å². The van der Waals surface area contributed by atoms with Gasteiger partial charge in [0.25, 0.3) is 10.0 Å². The summed E-state index contributed by atoms with van der Waals surface area (Å²) in [6.45, 7) is 0.512. The zero-order valence-electron chi connectivity index (χ0n) is 13.1. The molecule has 5 nitrogen and oxygen atoms in total. The number of fused-ring (bicyclic) bond motifs is 1. The Kier molecular flexibility index (Phi) is 4.89. The van der Waals surface area contributed by atoms with Crippen LogP contribution in [0.4, 0.5) is 0 Å². The number of ether oxygens (including phenoxy) is 1. The summed E-state index contributed by atoms with van der Waals surface area (Å²) in [6, 6.07) is 14.0. The van der Waals surface area contributed by atoms with E-state index in [1.165, 1.54) is 0 Å². The molecular formula is C17H17ClN2O3S. The molecule has 0 aromatic heterocycles. The molecule has 7 heteroatoms. The molecule has 0 amide bonds. The van der Waals surface area contributed by atoms with Gasteiger partial charge in [-0.2, -0.15) is 0 Å². The minimum atomic E-state index is -3.54. The van der Waals surface area contributed by atoms with Crippen LogP contribution in [0, 0.1) is 0 Å². The number of nitrogens with zero attached hydrogens (tertiary/aromatic N) is 1. The number of methoxy groups -OCH3 is 1. The van der Waals surface area contributed by atoms with E-state index in [9.17, 15) is 8.42 Å². The lowest BCUT2D eigenvalue weighted by atomic mass is 10.0. The summed E-state index contributed by atoms with van der Waals surface area (Å²) in [4.78, 5) is 4.91. The van der Waals surface area contributed by atoms with Crippen molar-refractivity contribution in [1.29, 1.82) is 0 Å². The molecule has 0 saturated carbocycles. The zero-order chi connectivity index (χ0) is 17.2. The summed E-state index contributed by atoms with van der Waals surface area (Å²) < 4.78 is 32.1. The summed E-state index contributed by atoms with van der Waals surface area (Å²) in [7, 11) is -1.92. The van der Waals surface area contributed by atoms with Gasteiger partial charge >= 0.3 is 0 Å².